The van der Waals surface area contributed by atoms with Crippen LogP contribution in [0.15, 0.2) is 48.7 Å². The average Bonchev–Trinajstić information content (AvgIpc) is 2.87. The van der Waals surface area contributed by atoms with Gasteiger partial charge in [-0.15, -0.1) is 0 Å². The molecule has 1 N–H and O–H groups in total. The van der Waals surface area contributed by atoms with E-state index < -0.39 is 0 Å². The molecule has 0 radical (unpaired) electrons. The molecule has 0 aliphatic rings. The SMILES string of the molecule is Cc1cccc2[nH]cc(C(=O)Cc3ccccc3F)c12. The highest BCUT2D eigenvalue weighted by molar-refractivity contribution is 6.09. The van der Waals surface area contributed by atoms with E-state index in [9.17, 15) is 9.18 Å². The van der Waals surface area contributed by atoms with Crippen LogP contribution >= 0.6 is 0 Å². The van der Waals surface area contributed by atoms with E-state index in [2.05, 4.69) is 4.98 Å². The number of halogens is 1. The first-order chi connectivity index (χ1) is 9.66. The van der Waals surface area contributed by atoms with Crippen molar-refractivity contribution < 1.29 is 9.18 Å². The number of ketones is 1. The molecule has 0 aliphatic carbocycles. The third-order valence-electron chi connectivity index (χ3n) is 3.52. The molecule has 0 saturated heterocycles. The highest BCUT2D eigenvalue weighted by Gasteiger charge is 2.15. The quantitative estimate of drug-likeness (QED) is 0.714. The minimum atomic E-state index is -0.336. The molecule has 0 unspecified atom stereocenters. The largest absolute Gasteiger partial charge is 0.360 e. The van der Waals surface area contributed by atoms with Gasteiger partial charge in [0.15, 0.2) is 5.78 Å². The van der Waals surface area contributed by atoms with Crippen molar-refractivity contribution in [2.75, 3.05) is 0 Å². The van der Waals surface area contributed by atoms with Crippen molar-refractivity contribution in [2.45, 2.75) is 13.3 Å². The lowest BCUT2D eigenvalue weighted by Gasteiger charge is -2.03. The minimum Gasteiger partial charge on any atom is -0.360 e. The number of aromatic nitrogens is 1. The molecule has 1 heterocycles. The number of H-pyrrole nitrogens is 1. The van der Waals surface area contributed by atoms with Gasteiger partial charge in [0, 0.05) is 29.1 Å². The molecular weight excluding hydrogens is 253 g/mol. The number of nitrogens with one attached hydrogen (secondary N) is 1. The molecule has 0 spiro atoms. The standard InChI is InChI=1S/C17H14FNO/c1-11-5-4-8-15-17(11)13(10-19-15)16(20)9-12-6-2-3-7-14(12)18/h2-8,10,19H,9H2,1H3. The van der Waals surface area contributed by atoms with Gasteiger partial charge in [-0.2, -0.15) is 0 Å². The molecule has 0 aliphatic heterocycles. The maximum atomic E-state index is 13.6. The second kappa shape index (κ2) is 4.93. The van der Waals surface area contributed by atoms with Crippen LogP contribution < -0.4 is 0 Å². The fourth-order valence-corrected chi connectivity index (χ4v) is 2.50. The van der Waals surface area contributed by atoms with Crippen LogP contribution in [0.2, 0.25) is 0 Å². The molecule has 0 saturated carbocycles. The van der Waals surface area contributed by atoms with Crippen molar-refractivity contribution in [1.29, 1.82) is 0 Å². The summed E-state index contributed by atoms with van der Waals surface area (Å²) in [6.07, 6.45) is 1.79. The molecule has 0 fully saturated rings. The minimum absolute atomic E-state index is 0.0735. The monoisotopic (exact) mass is 267 g/mol. The molecule has 0 amide bonds. The summed E-state index contributed by atoms with van der Waals surface area (Å²) in [5, 5.41) is 0.925. The zero-order valence-electron chi connectivity index (χ0n) is 11.1. The van der Waals surface area contributed by atoms with Gasteiger partial charge in [0.1, 0.15) is 5.82 Å². The van der Waals surface area contributed by atoms with Crippen molar-refractivity contribution in [3.63, 3.8) is 0 Å². The molecule has 0 atom stereocenters. The zero-order chi connectivity index (χ0) is 14.1. The van der Waals surface area contributed by atoms with Gasteiger partial charge >= 0.3 is 0 Å². The first kappa shape index (κ1) is 12.6. The summed E-state index contributed by atoms with van der Waals surface area (Å²) < 4.78 is 13.6. The first-order valence-electron chi connectivity index (χ1n) is 6.50. The summed E-state index contributed by atoms with van der Waals surface area (Å²) in [6.45, 7) is 1.97. The Hall–Kier alpha value is -2.42. The number of rotatable bonds is 3. The lowest BCUT2D eigenvalue weighted by Crippen LogP contribution is -2.04. The summed E-state index contributed by atoms with van der Waals surface area (Å²) in [6, 6.07) is 12.2. The predicted octanol–water partition coefficient (Wildman–Crippen LogP) is 4.04. The van der Waals surface area contributed by atoms with Crippen molar-refractivity contribution in [3.8, 4) is 0 Å². The van der Waals surface area contributed by atoms with E-state index in [1.807, 2.05) is 25.1 Å². The molecule has 20 heavy (non-hydrogen) atoms. The number of hydrogen-bond acceptors (Lipinski definition) is 1. The molecule has 2 aromatic carbocycles. The van der Waals surface area contributed by atoms with Crippen molar-refractivity contribution in [1.82, 2.24) is 4.98 Å². The van der Waals surface area contributed by atoms with Gasteiger partial charge < -0.3 is 4.98 Å². The van der Waals surface area contributed by atoms with Crippen LogP contribution in [0.5, 0.6) is 0 Å². The van der Waals surface area contributed by atoms with Crippen LogP contribution in [0.25, 0.3) is 10.9 Å². The summed E-state index contributed by atoms with van der Waals surface area (Å²) in [4.78, 5) is 15.5. The Kier molecular flexibility index (Phi) is 3.11. The molecule has 3 rings (SSSR count). The Bertz CT molecular complexity index is 789. The Morgan fingerprint density at radius 1 is 1.15 bits per heavy atom. The van der Waals surface area contributed by atoms with Gasteiger partial charge in [0.25, 0.3) is 0 Å². The van der Waals surface area contributed by atoms with Gasteiger partial charge in [-0.25, -0.2) is 4.39 Å². The lowest BCUT2D eigenvalue weighted by atomic mass is 10.00. The smallest absolute Gasteiger partial charge is 0.169 e. The topological polar surface area (TPSA) is 32.9 Å². The number of hydrogen-bond donors (Lipinski definition) is 1. The van der Waals surface area contributed by atoms with Crippen LogP contribution in [-0.2, 0) is 6.42 Å². The van der Waals surface area contributed by atoms with E-state index in [0.29, 0.717) is 11.1 Å². The third kappa shape index (κ3) is 2.11. The lowest BCUT2D eigenvalue weighted by molar-refractivity contribution is 0.0993. The molecule has 3 heteroatoms. The maximum absolute atomic E-state index is 13.6. The molecular formula is C17H14FNO. The number of carbonyl (C=O) groups excluding carboxylic acids is 1. The Labute approximate surface area is 116 Å². The Morgan fingerprint density at radius 2 is 1.95 bits per heavy atom. The van der Waals surface area contributed by atoms with E-state index in [1.54, 1.807) is 24.4 Å². The van der Waals surface area contributed by atoms with Crippen LogP contribution in [0.3, 0.4) is 0 Å². The van der Waals surface area contributed by atoms with E-state index in [1.165, 1.54) is 6.07 Å². The average molecular weight is 267 g/mol. The fourth-order valence-electron chi connectivity index (χ4n) is 2.50. The number of Topliss-reactive ketones (excluding diaryl/α,β-unsaturated/α-hetero) is 1. The number of aromatic amines is 1. The van der Waals surface area contributed by atoms with Gasteiger partial charge in [-0.05, 0) is 30.2 Å². The van der Waals surface area contributed by atoms with E-state index in [0.717, 1.165) is 16.5 Å². The number of carbonyl (C=O) groups is 1. The molecule has 100 valence electrons. The van der Waals surface area contributed by atoms with E-state index >= 15 is 0 Å². The highest BCUT2D eigenvalue weighted by atomic mass is 19.1. The summed E-state index contributed by atoms with van der Waals surface area (Å²) in [5.41, 5.74) is 3.03. The van der Waals surface area contributed by atoms with Crippen LogP contribution in [0.1, 0.15) is 21.5 Å². The van der Waals surface area contributed by atoms with Gasteiger partial charge in [0.05, 0.1) is 0 Å². The molecule has 1 aromatic heterocycles. The fraction of sp³-hybridized carbons (Fsp3) is 0.118. The normalized spacial score (nSPS) is 10.9. The maximum Gasteiger partial charge on any atom is 0.169 e. The van der Waals surface area contributed by atoms with Crippen molar-refractivity contribution in [3.05, 3.63) is 71.2 Å². The predicted molar refractivity (Wildman–Crippen MR) is 77.5 cm³/mol. The number of aryl methyl sites for hydroxylation is 1. The van der Waals surface area contributed by atoms with Crippen molar-refractivity contribution >= 4 is 16.7 Å². The Balaban J connectivity index is 2.00. The number of fused-ring (bicyclic) bond motifs is 1. The first-order valence-corrected chi connectivity index (χ1v) is 6.50. The zero-order valence-corrected chi connectivity index (χ0v) is 11.1. The van der Waals surface area contributed by atoms with Crippen LogP contribution in [0.4, 0.5) is 4.39 Å². The summed E-state index contributed by atoms with van der Waals surface area (Å²) in [5.74, 6) is -0.409. The van der Waals surface area contributed by atoms with Crippen LogP contribution in [-0.4, -0.2) is 10.8 Å². The van der Waals surface area contributed by atoms with Crippen LogP contribution in [0, 0.1) is 12.7 Å². The second-order valence-electron chi connectivity index (χ2n) is 4.89. The van der Waals surface area contributed by atoms with Gasteiger partial charge in [-0.1, -0.05) is 30.3 Å². The van der Waals surface area contributed by atoms with Gasteiger partial charge in [0.2, 0.25) is 0 Å². The number of benzene rings is 2. The summed E-state index contributed by atoms with van der Waals surface area (Å²) >= 11 is 0. The molecule has 0 bridgehead atoms. The molecule has 3 aromatic rings. The van der Waals surface area contributed by atoms with E-state index in [4.69, 9.17) is 0 Å². The molecule has 2 nitrogen and oxygen atoms in total. The summed E-state index contributed by atoms with van der Waals surface area (Å²) in [7, 11) is 0. The van der Waals surface area contributed by atoms with Gasteiger partial charge in [-0.3, -0.25) is 4.79 Å². The van der Waals surface area contributed by atoms with Crippen molar-refractivity contribution in [2.24, 2.45) is 0 Å². The third-order valence-corrected chi connectivity index (χ3v) is 3.52. The highest BCUT2D eigenvalue weighted by Crippen LogP contribution is 2.23. The van der Waals surface area contributed by atoms with E-state index in [-0.39, 0.29) is 18.0 Å². The Morgan fingerprint density at radius 3 is 2.75 bits per heavy atom. The second-order valence-corrected chi connectivity index (χ2v) is 4.89.